The number of nitrogens with zero attached hydrogens (tertiary/aromatic N) is 2. The highest BCUT2D eigenvalue weighted by Gasteiger charge is 2.21. The summed E-state index contributed by atoms with van der Waals surface area (Å²) < 4.78 is 0. The van der Waals surface area contributed by atoms with Gasteiger partial charge in [-0.25, -0.2) is 0 Å². The summed E-state index contributed by atoms with van der Waals surface area (Å²) in [7, 11) is 0. The Bertz CT molecular complexity index is 792. The molecule has 1 atom stereocenters. The highest BCUT2D eigenvalue weighted by atomic mass is 16.1. The van der Waals surface area contributed by atoms with Crippen molar-refractivity contribution in [3.63, 3.8) is 0 Å². The number of hydrogen-bond acceptors (Lipinski definition) is 3. The Hall–Kier alpha value is -2.20. The Labute approximate surface area is 149 Å². The summed E-state index contributed by atoms with van der Waals surface area (Å²) in [6.07, 6.45) is 5.68. The van der Waals surface area contributed by atoms with Crippen molar-refractivity contribution in [3.05, 3.63) is 52.7 Å². The van der Waals surface area contributed by atoms with Crippen LogP contribution in [0.2, 0.25) is 0 Å². The molecule has 1 aliphatic carbocycles. The van der Waals surface area contributed by atoms with Gasteiger partial charge in [-0.3, -0.25) is 14.7 Å². The van der Waals surface area contributed by atoms with E-state index < -0.39 is 5.91 Å². The molecule has 4 heteroatoms. The smallest absolute Gasteiger partial charge is 0.250 e. The monoisotopic (exact) mass is 335 g/mol. The number of carbonyl (C=O) groups is 1. The zero-order chi connectivity index (χ0) is 17.4. The second kappa shape index (κ2) is 6.60. The molecule has 1 aromatic carbocycles. The number of carbonyl (C=O) groups excluding carboxylic acids is 1. The second-order valence-electron chi connectivity index (χ2n) is 7.25. The Morgan fingerprint density at radius 1 is 1.12 bits per heavy atom. The summed E-state index contributed by atoms with van der Waals surface area (Å²) in [4.78, 5) is 19.2. The minimum atomic E-state index is -0.397. The molecule has 2 heterocycles. The van der Waals surface area contributed by atoms with Gasteiger partial charge in [-0.2, -0.15) is 0 Å². The number of benzene rings is 1. The van der Waals surface area contributed by atoms with E-state index in [2.05, 4.69) is 36.1 Å². The standard InChI is InChI=1S/C21H25N3O/c1-14(24-11-2-3-12-24)15-7-9-16(10-8-15)20-18(21(22)25)13-17-5-4-6-19(17)23-20/h7-10,13-14H,2-6,11-12H2,1H3,(H2,22,25). The van der Waals surface area contributed by atoms with Gasteiger partial charge < -0.3 is 5.73 Å². The number of hydrogen-bond donors (Lipinski definition) is 1. The first-order valence-corrected chi connectivity index (χ1v) is 9.30. The van der Waals surface area contributed by atoms with Crippen LogP contribution in [0.1, 0.15) is 59.4 Å². The van der Waals surface area contributed by atoms with Crippen molar-refractivity contribution in [2.24, 2.45) is 5.73 Å². The Morgan fingerprint density at radius 3 is 2.52 bits per heavy atom. The van der Waals surface area contributed by atoms with Crippen LogP contribution in [0.4, 0.5) is 0 Å². The highest BCUT2D eigenvalue weighted by Crippen LogP contribution is 2.30. The van der Waals surface area contributed by atoms with Gasteiger partial charge in [-0.05, 0) is 69.3 Å². The third-order valence-electron chi connectivity index (χ3n) is 5.67. The molecule has 2 aromatic rings. The first-order valence-electron chi connectivity index (χ1n) is 9.30. The van der Waals surface area contributed by atoms with Gasteiger partial charge in [0.15, 0.2) is 0 Å². The molecule has 2 N–H and O–H groups in total. The number of primary amides is 1. The third kappa shape index (κ3) is 3.07. The zero-order valence-corrected chi connectivity index (χ0v) is 14.8. The molecule has 25 heavy (non-hydrogen) atoms. The number of nitrogens with two attached hydrogens (primary N) is 1. The first kappa shape index (κ1) is 16.3. The van der Waals surface area contributed by atoms with Crippen LogP contribution in [0.15, 0.2) is 30.3 Å². The lowest BCUT2D eigenvalue weighted by molar-refractivity contribution is 0.100. The Kier molecular flexibility index (Phi) is 4.30. The molecule has 0 spiro atoms. The average Bonchev–Trinajstić information content (AvgIpc) is 3.31. The minimum Gasteiger partial charge on any atom is -0.366 e. The van der Waals surface area contributed by atoms with E-state index in [9.17, 15) is 4.79 Å². The van der Waals surface area contributed by atoms with Crippen LogP contribution in [0.5, 0.6) is 0 Å². The molecule has 1 amide bonds. The normalized spacial score (nSPS) is 18.3. The van der Waals surface area contributed by atoms with Gasteiger partial charge in [-0.15, -0.1) is 0 Å². The first-order chi connectivity index (χ1) is 12.1. The fourth-order valence-corrected chi connectivity index (χ4v) is 4.14. The molecule has 2 aliphatic rings. The topological polar surface area (TPSA) is 59.2 Å². The molecule has 1 aromatic heterocycles. The highest BCUT2D eigenvalue weighted by molar-refractivity contribution is 5.99. The van der Waals surface area contributed by atoms with Gasteiger partial charge in [0.05, 0.1) is 11.3 Å². The Balaban J connectivity index is 1.67. The summed E-state index contributed by atoms with van der Waals surface area (Å²) in [5, 5.41) is 0. The third-order valence-corrected chi connectivity index (χ3v) is 5.67. The van der Waals surface area contributed by atoms with Crippen LogP contribution >= 0.6 is 0 Å². The molecule has 0 bridgehead atoms. The van der Waals surface area contributed by atoms with Gasteiger partial charge in [0.2, 0.25) is 0 Å². The van der Waals surface area contributed by atoms with Crippen LogP contribution in [0.3, 0.4) is 0 Å². The quantitative estimate of drug-likeness (QED) is 0.930. The van der Waals surface area contributed by atoms with Crippen molar-refractivity contribution in [2.45, 2.75) is 45.1 Å². The van der Waals surface area contributed by atoms with E-state index in [4.69, 9.17) is 10.7 Å². The van der Waals surface area contributed by atoms with Crippen molar-refractivity contribution in [3.8, 4) is 11.3 Å². The number of likely N-dealkylation sites (tertiary alicyclic amines) is 1. The van der Waals surface area contributed by atoms with Crippen molar-refractivity contribution >= 4 is 5.91 Å². The van der Waals surface area contributed by atoms with Gasteiger partial charge in [-0.1, -0.05) is 24.3 Å². The maximum Gasteiger partial charge on any atom is 0.250 e. The van der Waals surface area contributed by atoms with E-state index in [1.807, 2.05) is 6.07 Å². The predicted octanol–water partition coefficient (Wildman–Crippen LogP) is 3.49. The number of amides is 1. The average molecular weight is 335 g/mol. The van der Waals surface area contributed by atoms with E-state index >= 15 is 0 Å². The van der Waals surface area contributed by atoms with Crippen LogP contribution < -0.4 is 5.73 Å². The SMILES string of the molecule is CC(c1ccc(-c2nc3c(cc2C(N)=O)CCC3)cc1)N1CCCC1. The summed E-state index contributed by atoms with van der Waals surface area (Å²) in [5.41, 5.74) is 11.5. The fraction of sp³-hybridized carbons (Fsp3) is 0.429. The molecular formula is C21H25N3O. The van der Waals surface area contributed by atoms with Crippen molar-refractivity contribution in [2.75, 3.05) is 13.1 Å². The van der Waals surface area contributed by atoms with E-state index in [0.29, 0.717) is 11.6 Å². The van der Waals surface area contributed by atoms with Crippen molar-refractivity contribution in [1.29, 1.82) is 0 Å². The predicted molar refractivity (Wildman–Crippen MR) is 99.4 cm³/mol. The van der Waals surface area contributed by atoms with Gasteiger partial charge in [0.1, 0.15) is 0 Å². The van der Waals surface area contributed by atoms with Crippen LogP contribution in [-0.4, -0.2) is 28.9 Å². The molecule has 4 nitrogen and oxygen atoms in total. The van der Waals surface area contributed by atoms with Crippen LogP contribution in [0, 0.1) is 0 Å². The van der Waals surface area contributed by atoms with Crippen LogP contribution in [0.25, 0.3) is 11.3 Å². The second-order valence-corrected chi connectivity index (χ2v) is 7.25. The summed E-state index contributed by atoms with van der Waals surface area (Å²) in [6.45, 7) is 4.63. The van der Waals surface area contributed by atoms with E-state index in [0.717, 1.165) is 36.2 Å². The van der Waals surface area contributed by atoms with E-state index in [1.54, 1.807) is 0 Å². The van der Waals surface area contributed by atoms with E-state index in [-0.39, 0.29) is 0 Å². The van der Waals surface area contributed by atoms with Gasteiger partial charge >= 0.3 is 0 Å². The molecule has 1 fully saturated rings. The fourth-order valence-electron chi connectivity index (χ4n) is 4.14. The largest absolute Gasteiger partial charge is 0.366 e. The van der Waals surface area contributed by atoms with Gasteiger partial charge in [0, 0.05) is 17.3 Å². The van der Waals surface area contributed by atoms with Crippen molar-refractivity contribution in [1.82, 2.24) is 9.88 Å². The van der Waals surface area contributed by atoms with Crippen LogP contribution in [-0.2, 0) is 12.8 Å². The molecular weight excluding hydrogens is 310 g/mol. The molecule has 1 aliphatic heterocycles. The summed E-state index contributed by atoms with van der Waals surface area (Å²) in [6, 6.07) is 10.9. The molecule has 0 radical (unpaired) electrons. The minimum absolute atomic E-state index is 0.397. The number of pyridine rings is 1. The Morgan fingerprint density at radius 2 is 1.84 bits per heavy atom. The number of aromatic nitrogens is 1. The molecule has 4 rings (SSSR count). The molecule has 0 saturated carbocycles. The number of aryl methyl sites for hydroxylation is 2. The lowest BCUT2D eigenvalue weighted by Gasteiger charge is -2.24. The lowest BCUT2D eigenvalue weighted by atomic mass is 9.99. The lowest BCUT2D eigenvalue weighted by Crippen LogP contribution is -2.23. The summed E-state index contributed by atoms with van der Waals surface area (Å²) >= 11 is 0. The summed E-state index contributed by atoms with van der Waals surface area (Å²) in [5.74, 6) is -0.397. The molecule has 130 valence electrons. The maximum atomic E-state index is 11.9. The maximum absolute atomic E-state index is 11.9. The zero-order valence-electron chi connectivity index (χ0n) is 14.8. The van der Waals surface area contributed by atoms with Crippen molar-refractivity contribution < 1.29 is 4.79 Å². The number of rotatable bonds is 4. The van der Waals surface area contributed by atoms with E-state index in [1.165, 1.54) is 37.1 Å². The number of fused-ring (bicyclic) bond motifs is 1. The molecule has 1 unspecified atom stereocenters. The van der Waals surface area contributed by atoms with Gasteiger partial charge in [0.25, 0.3) is 5.91 Å². The molecule has 1 saturated heterocycles.